The summed E-state index contributed by atoms with van der Waals surface area (Å²) in [5.41, 5.74) is 2.81. The molecule has 13 nitrogen and oxygen atoms in total. The van der Waals surface area contributed by atoms with E-state index in [1.54, 1.807) is 19.3 Å². The topological polar surface area (TPSA) is 160 Å². The van der Waals surface area contributed by atoms with Gasteiger partial charge in [0.1, 0.15) is 5.02 Å². The number of ether oxygens (including phenoxy) is 1. The van der Waals surface area contributed by atoms with Crippen molar-refractivity contribution in [1.29, 1.82) is 0 Å². The summed E-state index contributed by atoms with van der Waals surface area (Å²) in [5.74, 6) is -0.111. The maximum Gasteiger partial charge on any atom is 0.293 e. The summed E-state index contributed by atoms with van der Waals surface area (Å²) in [6.45, 7) is 1.16. The Kier molecular flexibility index (Phi) is 9.25. The van der Waals surface area contributed by atoms with Crippen LogP contribution < -0.4 is 36.5 Å². The average Bonchev–Trinajstić information content (AvgIpc) is 3.54. The van der Waals surface area contributed by atoms with Gasteiger partial charge in [-0.3, -0.25) is 24.5 Å². The van der Waals surface area contributed by atoms with Crippen molar-refractivity contribution in [3.05, 3.63) is 75.7 Å². The Morgan fingerprint density at radius 1 is 1.11 bits per heavy atom. The molecule has 2 fully saturated rings. The van der Waals surface area contributed by atoms with Gasteiger partial charge in [0.2, 0.25) is 17.8 Å². The number of carbonyl (C=O) groups excluding carboxylic acids is 3. The molecule has 2 aliphatic rings. The van der Waals surface area contributed by atoms with Crippen LogP contribution in [0.4, 0.5) is 23.1 Å². The van der Waals surface area contributed by atoms with Gasteiger partial charge in [-0.2, -0.15) is 4.98 Å². The molecule has 6 rings (SSSR count). The van der Waals surface area contributed by atoms with Crippen LogP contribution in [-0.2, 0) is 21.4 Å². The number of halogens is 1. The van der Waals surface area contributed by atoms with Crippen molar-refractivity contribution in [3.63, 3.8) is 0 Å². The van der Waals surface area contributed by atoms with Crippen molar-refractivity contribution < 1.29 is 19.1 Å². The molecule has 244 valence electrons. The Hall–Kier alpha value is -5.17. The lowest BCUT2D eigenvalue weighted by Gasteiger charge is -2.26. The van der Waals surface area contributed by atoms with E-state index in [9.17, 15) is 19.2 Å². The molecule has 0 spiro atoms. The molecule has 0 bridgehead atoms. The molecule has 4 aromatic rings. The number of nitrogens with zero attached hydrogens (tertiary/aromatic N) is 4. The maximum absolute atomic E-state index is 12.7. The number of hydrogen-bond acceptors (Lipinski definition) is 10. The highest BCUT2D eigenvalue weighted by molar-refractivity contribution is 6.33. The van der Waals surface area contributed by atoms with Crippen LogP contribution in [0.25, 0.3) is 10.9 Å². The number of amides is 3. The summed E-state index contributed by atoms with van der Waals surface area (Å²) < 4.78 is 6.96. The van der Waals surface area contributed by atoms with Gasteiger partial charge in [0.05, 0.1) is 17.6 Å². The predicted octanol–water partition coefficient (Wildman–Crippen LogP) is 3.45. The minimum atomic E-state index is -0.345. The highest BCUT2D eigenvalue weighted by Gasteiger charge is 2.29. The number of anilines is 4. The zero-order chi connectivity index (χ0) is 33.1. The number of pyridine rings is 1. The summed E-state index contributed by atoms with van der Waals surface area (Å²) >= 11 is 6.53. The Labute approximate surface area is 275 Å². The van der Waals surface area contributed by atoms with E-state index >= 15 is 0 Å². The Morgan fingerprint density at radius 3 is 2.77 bits per heavy atom. The van der Waals surface area contributed by atoms with Crippen molar-refractivity contribution in [2.45, 2.75) is 37.6 Å². The molecule has 2 saturated heterocycles. The number of aromatic nitrogens is 3. The van der Waals surface area contributed by atoms with Gasteiger partial charge in [0.15, 0.2) is 18.2 Å². The SMILES string of the molecule is CNC(=O)COc1cc2cc(Nc3nc(N4CCC[C@H]4CNc4cccc(C5CCC(=O)NC5=O)c4)ncc3Cl)ccc2n(C)c1=O. The molecule has 2 aromatic heterocycles. The standard InChI is InChI=1S/C33H35ClN8O5/c1-35-29(44)18-47-27-15-20-14-22(8-10-26(20)41(2)32(27)46)38-30-25(34)17-37-33(40-30)42-12-4-7-23(42)16-36-21-6-3-5-19(13-21)24-9-11-28(43)39-31(24)45/h3,5-6,8,10,13-15,17,23-24,36H,4,7,9,11-12,16,18H2,1-2H3,(H,35,44)(H,37,38,40)(H,39,43,45)/t23-,24?/m0/s1. The van der Waals surface area contributed by atoms with Crippen molar-refractivity contribution in [3.8, 4) is 5.75 Å². The summed E-state index contributed by atoms with van der Waals surface area (Å²) in [4.78, 5) is 59.8. The van der Waals surface area contributed by atoms with Crippen LogP contribution in [0.15, 0.2) is 59.5 Å². The number of aryl methyl sites for hydroxylation is 1. The van der Waals surface area contributed by atoms with Gasteiger partial charge in [-0.15, -0.1) is 0 Å². The first-order chi connectivity index (χ1) is 22.7. The van der Waals surface area contributed by atoms with Crippen LogP contribution in [0, 0.1) is 0 Å². The van der Waals surface area contributed by atoms with Crippen LogP contribution >= 0.6 is 11.6 Å². The zero-order valence-electron chi connectivity index (χ0n) is 26.0. The first-order valence-electron chi connectivity index (χ1n) is 15.4. The number of rotatable bonds is 10. The Bertz CT molecular complexity index is 1910. The van der Waals surface area contributed by atoms with E-state index in [0.717, 1.165) is 36.0 Å². The van der Waals surface area contributed by atoms with E-state index in [0.29, 0.717) is 47.4 Å². The minimum Gasteiger partial charge on any atom is -0.478 e. The smallest absolute Gasteiger partial charge is 0.293 e. The van der Waals surface area contributed by atoms with E-state index in [-0.39, 0.29) is 47.6 Å². The summed E-state index contributed by atoms with van der Waals surface area (Å²) in [5, 5.41) is 12.8. The molecule has 4 N–H and O–H groups in total. The van der Waals surface area contributed by atoms with Gasteiger partial charge in [0.25, 0.3) is 11.5 Å². The normalized spacial score (nSPS) is 17.8. The van der Waals surface area contributed by atoms with E-state index < -0.39 is 0 Å². The Morgan fingerprint density at radius 2 is 1.96 bits per heavy atom. The summed E-state index contributed by atoms with van der Waals surface area (Å²) in [6, 6.07) is 15.0. The molecule has 0 saturated carbocycles. The molecule has 47 heavy (non-hydrogen) atoms. The van der Waals surface area contributed by atoms with Gasteiger partial charge in [-0.1, -0.05) is 23.7 Å². The molecule has 2 aromatic carbocycles. The number of imide groups is 1. The summed E-state index contributed by atoms with van der Waals surface area (Å²) in [7, 11) is 3.15. The lowest BCUT2D eigenvalue weighted by molar-refractivity contribution is -0.134. The van der Waals surface area contributed by atoms with Gasteiger partial charge in [0, 0.05) is 56.4 Å². The number of nitrogens with one attached hydrogen (secondary N) is 4. The minimum absolute atomic E-state index is 0.0690. The molecule has 0 radical (unpaired) electrons. The molecule has 4 heterocycles. The van der Waals surface area contributed by atoms with E-state index in [1.165, 1.54) is 11.6 Å². The van der Waals surface area contributed by atoms with Crippen molar-refractivity contribution in [2.75, 3.05) is 42.3 Å². The maximum atomic E-state index is 12.7. The average molecular weight is 659 g/mol. The second-order valence-electron chi connectivity index (χ2n) is 11.6. The summed E-state index contributed by atoms with van der Waals surface area (Å²) in [6.07, 6.45) is 4.34. The molecule has 3 amide bonds. The monoisotopic (exact) mass is 658 g/mol. The van der Waals surface area contributed by atoms with Gasteiger partial charge < -0.3 is 30.2 Å². The van der Waals surface area contributed by atoms with Crippen LogP contribution in [0.2, 0.25) is 5.02 Å². The van der Waals surface area contributed by atoms with Crippen LogP contribution in [-0.4, -0.2) is 65.0 Å². The molecule has 14 heteroatoms. The predicted molar refractivity (Wildman–Crippen MR) is 179 cm³/mol. The second-order valence-corrected chi connectivity index (χ2v) is 12.0. The highest BCUT2D eigenvalue weighted by Crippen LogP contribution is 2.31. The van der Waals surface area contributed by atoms with Crippen molar-refractivity contribution in [2.24, 2.45) is 7.05 Å². The van der Waals surface area contributed by atoms with Gasteiger partial charge in [-0.25, -0.2) is 4.98 Å². The first kappa shape index (κ1) is 31.8. The quantitative estimate of drug-likeness (QED) is 0.186. The third-order valence-electron chi connectivity index (χ3n) is 8.53. The lowest BCUT2D eigenvalue weighted by Crippen LogP contribution is -2.39. The number of carbonyl (C=O) groups is 3. The third kappa shape index (κ3) is 6.99. The number of likely N-dealkylation sites (N-methyl/N-ethyl adjacent to an activating group) is 1. The fraction of sp³-hybridized carbons (Fsp3) is 0.333. The molecule has 2 atom stereocenters. The van der Waals surface area contributed by atoms with E-state index in [2.05, 4.69) is 31.2 Å². The van der Waals surface area contributed by atoms with Crippen molar-refractivity contribution >= 4 is 63.4 Å². The van der Waals surface area contributed by atoms with Crippen molar-refractivity contribution in [1.82, 2.24) is 25.2 Å². The van der Waals surface area contributed by atoms with Gasteiger partial charge in [-0.05, 0) is 61.2 Å². The van der Waals surface area contributed by atoms with E-state index in [4.69, 9.17) is 21.3 Å². The second kappa shape index (κ2) is 13.7. The fourth-order valence-corrected chi connectivity index (χ4v) is 6.13. The van der Waals surface area contributed by atoms with E-state index in [1.807, 2.05) is 42.5 Å². The first-order valence-corrected chi connectivity index (χ1v) is 15.8. The fourth-order valence-electron chi connectivity index (χ4n) is 5.99. The molecular formula is C33H35ClN8O5. The van der Waals surface area contributed by atoms with Crippen LogP contribution in [0.5, 0.6) is 5.75 Å². The molecule has 0 aliphatic carbocycles. The molecular weight excluding hydrogens is 624 g/mol. The van der Waals surface area contributed by atoms with Crippen LogP contribution in [0.1, 0.15) is 37.2 Å². The number of piperidine rings is 1. The largest absolute Gasteiger partial charge is 0.478 e. The number of benzene rings is 2. The number of hydrogen-bond donors (Lipinski definition) is 4. The van der Waals surface area contributed by atoms with Crippen LogP contribution in [0.3, 0.4) is 0 Å². The van der Waals surface area contributed by atoms with Gasteiger partial charge >= 0.3 is 0 Å². The third-order valence-corrected chi connectivity index (χ3v) is 8.80. The lowest BCUT2D eigenvalue weighted by atomic mass is 9.90. The highest BCUT2D eigenvalue weighted by atomic mass is 35.5. The zero-order valence-corrected chi connectivity index (χ0v) is 26.8. The Balaban J connectivity index is 1.16. The molecule has 1 unspecified atom stereocenters. The molecule has 2 aliphatic heterocycles. The number of fused-ring (bicyclic) bond motifs is 1.